The largest absolute Gasteiger partial charge is 0.516 e. The summed E-state index contributed by atoms with van der Waals surface area (Å²) in [5.41, 5.74) is 1.91. The van der Waals surface area contributed by atoms with Crippen molar-refractivity contribution in [3.8, 4) is 11.1 Å². The number of hydrogen-bond acceptors (Lipinski definition) is 4. The molecule has 0 spiro atoms. The van der Waals surface area contributed by atoms with Crippen LogP contribution in [0.2, 0.25) is 0 Å². The minimum absolute atomic E-state index is 0.159. The lowest BCUT2D eigenvalue weighted by atomic mass is 10.00. The molecular formula is C16H14O4. The molecule has 0 atom stereocenters. The summed E-state index contributed by atoms with van der Waals surface area (Å²) in [6.07, 6.45) is -0.986. The highest BCUT2D eigenvalue weighted by atomic mass is 16.7. The minimum atomic E-state index is -0.986. The Balaban J connectivity index is 2.29. The Morgan fingerprint density at radius 3 is 2.30 bits per heavy atom. The number of carbonyl (C=O) groups is 2. The highest BCUT2D eigenvalue weighted by molar-refractivity contribution is 6.01. The summed E-state index contributed by atoms with van der Waals surface area (Å²) in [4.78, 5) is 23.2. The fourth-order valence-electron chi connectivity index (χ4n) is 1.81. The lowest BCUT2D eigenvalue weighted by molar-refractivity contribution is 0.0402. The first kappa shape index (κ1) is 13.8. The standard InChI is InChI=1S/C16H14O4/c1-2-19-16(18)20-15(17)14-11-7-6-10-13(14)12-8-4-3-5-9-12/h3-11H,2H2,1H3. The van der Waals surface area contributed by atoms with E-state index in [4.69, 9.17) is 0 Å². The van der Waals surface area contributed by atoms with E-state index in [1.807, 2.05) is 36.4 Å². The summed E-state index contributed by atoms with van der Waals surface area (Å²) < 4.78 is 9.24. The van der Waals surface area contributed by atoms with E-state index in [0.717, 1.165) is 5.56 Å². The van der Waals surface area contributed by atoms with Crippen molar-refractivity contribution in [3.05, 3.63) is 60.2 Å². The summed E-state index contributed by atoms with van der Waals surface area (Å²) in [6.45, 7) is 1.80. The van der Waals surface area contributed by atoms with E-state index >= 15 is 0 Å². The summed E-state index contributed by atoms with van der Waals surface area (Å²) in [5, 5.41) is 0. The third-order valence-electron chi connectivity index (χ3n) is 2.67. The van der Waals surface area contributed by atoms with Crippen LogP contribution >= 0.6 is 0 Å². The molecule has 0 bridgehead atoms. The fraction of sp³-hybridized carbons (Fsp3) is 0.125. The smallest absolute Gasteiger partial charge is 0.434 e. The number of esters is 1. The first-order valence-electron chi connectivity index (χ1n) is 6.25. The van der Waals surface area contributed by atoms with Gasteiger partial charge >= 0.3 is 12.1 Å². The van der Waals surface area contributed by atoms with Crippen molar-refractivity contribution in [3.63, 3.8) is 0 Å². The van der Waals surface area contributed by atoms with Crippen LogP contribution in [0.5, 0.6) is 0 Å². The molecule has 0 saturated carbocycles. The van der Waals surface area contributed by atoms with E-state index in [1.54, 1.807) is 25.1 Å². The Morgan fingerprint density at radius 1 is 0.950 bits per heavy atom. The van der Waals surface area contributed by atoms with Gasteiger partial charge in [-0.1, -0.05) is 48.5 Å². The molecule has 102 valence electrons. The van der Waals surface area contributed by atoms with Gasteiger partial charge in [0, 0.05) is 0 Å². The second kappa shape index (κ2) is 6.52. The number of ether oxygens (including phenoxy) is 2. The van der Waals surface area contributed by atoms with Crippen molar-refractivity contribution in [1.29, 1.82) is 0 Å². The van der Waals surface area contributed by atoms with E-state index in [2.05, 4.69) is 9.47 Å². The number of carbonyl (C=O) groups excluding carboxylic acids is 2. The summed E-state index contributed by atoms with van der Waals surface area (Å²) in [6, 6.07) is 16.4. The van der Waals surface area contributed by atoms with E-state index in [-0.39, 0.29) is 6.61 Å². The molecular weight excluding hydrogens is 256 g/mol. The van der Waals surface area contributed by atoms with Gasteiger partial charge in [-0.25, -0.2) is 9.59 Å². The molecule has 0 fully saturated rings. The van der Waals surface area contributed by atoms with Gasteiger partial charge in [0.15, 0.2) is 0 Å². The monoisotopic (exact) mass is 270 g/mol. The minimum Gasteiger partial charge on any atom is -0.434 e. The molecule has 20 heavy (non-hydrogen) atoms. The van der Waals surface area contributed by atoms with Crippen LogP contribution in [0, 0.1) is 0 Å². The number of hydrogen-bond donors (Lipinski definition) is 0. The van der Waals surface area contributed by atoms with Crippen LogP contribution in [-0.2, 0) is 9.47 Å². The van der Waals surface area contributed by atoms with E-state index < -0.39 is 12.1 Å². The molecule has 0 heterocycles. The van der Waals surface area contributed by atoms with Gasteiger partial charge in [-0.3, -0.25) is 0 Å². The average Bonchev–Trinajstić information content (AvgIpc) is 2.48. The third-order valence-corrected chi connectivity index (χ3v) is 2.67. The Bertz CT molecular complexity index is 605. The maximum absolute atomic E-state index is 12.0. The molecule has 0 aliphatic carbocycles. The van der Waals surface area contributed by atoms with Gasteiger partial charge in [-0.05, 0) is 24.1 Å². The zero-order valence-electron chi connectivity index (χ0n) is 11.0. The third kappa shape index (κ3) is 3.23. The van der Waals surface area contributed by atoms with Crippen LogP contribution in [0.25, 0.3) is 11.1 Å². The second-order valence-corrected chi connectivity index (χ2v) is 3.98. The van der Waals surface area contributed by atoms with Crippen molar-refractivity contribution >= 4 is 12.1 Å². The van der Waals surface area contributed by atoms with Crippen molar-refractivity contribution in [2.75, 3.05) is 6.61 Å². The maximum atomic E-state index is 12.0. The number of benzene rings is 2. The van der Waals surface area contributed by atoms with Crippen LogP contribution in [-0.4, -0.2) is 18.7 Å². The van der Waals surface area contributed by atoms with Crippen LogP contribution in [0.15, 0.2) is 54.6 Å². The summed E-state index contributed by atoms with van der Waals surface area (Å²) in [5.74, 6) is -0.720. The van der Waals surface area contributed by atoms with Gasteiger partial charge in [-0.2, -0.15) is 0 Å². The quantitative estimate of drug-likeness (QED) is 0.630. The van der Waals surface area contributed by atoms with Crippen LogP contribution in [0.1, 0.15) is 17.3 Å². The first-order valence-corrected chi connectivity index (χ1v) is 6.25. The molecule has 0 saturated heterocycles. The molecule has 2 rings (SSSR count). The predicted molar refractivity (Wildman–Crippen MR) is 74.3 cm³/mol. The zero-order valence-corrected chi connectivity index (χ0v) is 11.0. The molecule has 4 heteroatoms. The van der Waals surface area contributed by atoms with Gasteiger partial charge in [0.25, 0.3) is 0 Å². The SMILES string of the molecule is CCOC(=O)OC(=O)c1ccccc1-c1ccccc1. The normalized spacial score (nSPS) is 9.85. The molecule has 4 nitrogen and oxygen atoms in total. The van der Waals surface area contributed by atoms with Crippen LogP contribution in [0.3, 0.4) is 0 Å². The van der Waals surface area contributed by atoms with Gasteiger partial charge in [0.2, 0.25) is 0 Å². The molecule has 0 unspecified atom stereocenters. The molecule has 0 aromatic heterocycles. The summed E-state index contributed by atoms with van der Waals surface area (Å²) >= 11 is 0. The zero-order chi connectivity index (χ0) is 14.4. The van der Waals surface area contributed by atoms with Crippen molar-refractivity contribution in [1.82, 2.24) is 0 Å². The van der Waals surface area contributed by atoms with Crippen molar-refractivity contribution < 1.29 is 19.1 Å². The molecule has 0 N–H and O–H groups in total. The van der Waals surface area contributed by atoms with Gasteiger partial charge in [0.05, 0.1) is 12.2 Å². The molecule has 2 aromatic carbocycles. The lowest BCUT2D eigenvalue weighted by Gasteiger charge is -2.08. The van der Waals surface area contributed by atoms with E-state index in [9.17, 15) is 9.59 Å². The average molecular weight is 270 g/mol. The number of rotatable bonds is 3. The Hall–Kier alpha value is -2.62. The molecule has 0 aliphatic rings. The highest BCUT2D eigenvalue weighted by Crippen LogP contribution is 2.24. The topological polar surface area (TPSA) is 52.6 Å². The molecule has 0 amide bonds. The Morgan fingerprint density at radius 2 is 1.60 bits per heavy atom. The Labute approximate surface area is 116 Å². The lowest BCUT2D eigenvalue weighted by Crippen LogP contribution is -2.14. The maximum Gasteiger partial charge on any atom is 0.516 e. The molecule has 0 aliphatic heterocycles. The highest BCUT2D eigenvalue weighted by Gasteiger charge is 2.17. The van der Waals surface area contributed by atoms with Gasteiger partial charge < -0.3 is 9.47 Å². The van der Waals surface area contributed by atoms with Gasteiger partial charge in [-0.15, -0.1) is 0 Å². The van der Waals surface area contributed by atoms with Crippen molar-refractivity contribution in [2.45, 2.75) is 6.92 Å². The van der Waals surface area contributed by atoms with Crippen molar-refractivity contribution in [2.24, 2.45) is 0 Å². The molecule has 2 aromatic rings. The Kier molecular flexibility index (Phi) is 4.50. The molecule has 0 radical (unpaired) electrons. The fourth-order valence-corrected chi connectivity index (χ4v) is 1.81. The van der Waals surface area contributed by atoms with Crippen LogP contribution < -0.4 is 0 Å². The predicted octanol–water partition coefficient (Wildman–Crippen LogP) is 3.67. The van der Waals surface area contributed by atoms with E-state index in [1.165, 1.54) is 0 Å². The second-order valence-electron chi connectivity index (χ2n) is 3.98. The van der Waals surface area contributed by atoms with E-state index in [0.29, 0.717) is 11.1 Å². The van der Waals surface area contributed by atoms with Gasteiger partial charge in [0.1, 0.15) is 0 Å². The van der Waals surface area contributed by atoms with Crippen LogP contribution in [0.4, 0.5) is 4.79 Å². The first-order chi connectivity index (χ1) is 9.72. The summed E-state index contributed by atoms with van der Waals surface area (Å²) in [7, 11) is 0.